The van der Waals surface area contributed by atoms with Crippen molar-refractivity contribution in [3.05, 3.63) is 53.7 Å². The summed E-state index contributed by atoms with van der Waals surface area (Å²) in [6.07, 6.45) is 0.901. The first-order chi connectivity index (χ1) is 13.3. The van der Waals surface area contributed by atoms with Gasteiger partial charge in [0.2, 0.25) is 5.88 Å². The number of ether oxygens (including phenoxy) is 2. The fourth-order valence-electron chi connectivity index (χ4n) is 3.46. The third-order valence-corrected chi connectivity index (χ3v) is 4.92. The molecule has 27 heavy (non-hydrogen) atoms. The molecule has 1 saturated heterocycles. The van der Waals surface area contributed by atoms with Gasteiger partial charge in [-0.25, -0.2) is 4.68 Å². The van der Waals surface area contributed by atoms with Gasteiger partial charge >= 0.3 is 0 Å². The summed E-state index contributed by atoms with van der Waals surface area (Å²) < 4.78 is 13.0. The minimum Gasteiger partial charge on any atom is -0.475 e. The predicted molar refractivity (Wildman–Crippen MR) is 104 cm³/mol. The van der Waals surface area contributed by atoms with E-state index in [0.29, 0.717) is 18.1 Å². The molecule has 1 aliphatic rings. The second-order valence-corrected chi connectivity index (χ2v) is 6.68. The summed E-state index contributed by atoms with van der Waals surface area (Å²) in [4.78, 5) is 14.1. The Morgan fingerprint density at radius 2 is 2.00 bits per heavy atom. The molecule has 0 amide bonds. The quantitative estimate of drug-likeness (QED) is 0.629. The topological polar surface area (TPSA) is 56.6 Å². The van der Waals surface area contributed by atoms with Gasteiger partial charge < -0.3 is 9.47 Å². The minimum absolute atomic E-state index is 0.575. The number of carbonyl (C=O) groups is 1. The van der Waals surface area contributed by atoms with Gasteiger partial charge in [-0.05, 0) is 23.8 Å². The zero-order valence-electron chi connectivity index (χ0n) is 15.4. The van der Waals surface area contributed by atoms with Gasteiger partial charge in [0.15, 0.2) is 6.29 Å². The van der Waals surface area contributed by atoms with Gasteiger partial charge in [0, 0.05) is 37.0 Å². The van der Waals surface area contributed by atoms with E-state index >= 15 is 0 Å². The second-order valence-electron chi connectivity index (χ2n) is 6.68. The Hall–Kier alpha value is -2.70. The summed E-state index contributed by atoms with van der Waals surface area (Å²) in [5, 5.41) is 6.53. The van der Waals surface area contributed by atoms with Crippen molar-refractivity contribution in [3.63, 3.8) is 0 Å². The van der Waals surface area contributed by atoms with Gasteiger partial charge in [0.05, 0.1) is 18.9 Å². The fourth-order valence-corrected chi connectivity index (χ4v) is 3.46. The zero-order valence-corrected chi connectivity index (χ0v) is 15.4. The molecular weight excluding hydrogens is 342 g/mol. The molecule has 0 bridgehead atoms. The van der Waals surface area contributed by atoms with Crippen LogP contribution < -0.4 is 4.74 Å². The summed E-state index contributed by atoms with van der Waals surface area (Å²) in [7, 11) is 0. The Labute approximate surface area is 158 Å². The van der Waals surface area contributed by atoms with E-state index in [4.69, 9.17) is 9.47 Å². The second kappa shape index (κ2) is 7.90. The van der Waals surface area contributed by atoms with Crippen molar-refractivity contribution in [2.45, 2.75) is 6.92 Å². The van der Waals surface area contributed by atoms with Crippen LogP contribution in [0.4, 0.5) is 0 Å². The Balaban J connectivity index is 1.54. The molecule has 0 atom stereocenters. The molecule has 1 aromatic heterocycles. The molecule has 3 aromatic rings. The number of carbonyl (C=O) groups excluding carboxylic acids is 1. The molecule has 0 saturated carbocycles. The van der Waals surface area contributed by atoms with Crippen molar-refractivity contribution in [2.75, 3.05) is 39.5 Å². The molecule has 0 aliphatic carbocycles. The summed E-state index contributed by atoms with van der Waals surface area (Å²) >= 11 is 0. The Bertz CT molecular complexity index is 945. The molecule has 1 fully saturated rings. The lowest BCUT2D eigenvalue weighted by Gasteiger charge is -2.26. The monoisotopic (exact) mass is 365 g/mol. The highest BCUT2D eigenvalue weighted by Gasteiger charge is 2.14. The van der Waals surface area contributed by atoms with Crippen LogP contribution in [0.25, 0.3) is 16.5 Å². The van der Waals surface area contributed by atoms with Crippen LogP contribution in [0.15, 0.2) is 42.5 Å². The van der Waals surface area contributed by atoms with Crippen LogP contribution >= 0.6 is 0 Å². The van der Waals surface area contributed by atoms with Crippen molar-refractivity contribution >= 4 is 17.1 Å². The van der Waals surface area contributed by atoms with Crippen molar-refractivity contribution in [2.24, 2.45) is 0 Å². The van der Waals surface area contributed by atoms with Gasteiger partial charge in [-0.15, -0.1) is 5.10 Å². The van der Waals surface area contributed by atoms with Crippen LogP contribution in [0.5, 0.6) is 5.88 Å². The Kier molecular flexibility index (Phi) is 5.18. The Morgan fingerprint density at radius 1 is 1.19 bits per heavy atom. The van der Waals surface area contributed by atoms with Crippen LogP contribution in [-0.2, 0) is 4.74 Å². The number of nitrogens with zero attached hydrogens (tertiary/aromatic N) is 3. The van der Waals surface area contributed by atoms with E-state index in [-0.39, 0.29) is 0 Å². The summed E-state index contributed by atoms with van der Waals surface area (Å²) in [5.41, 5.74) is 2.33. The number of morpholine rings is 1. The van der Waals surface area contributed by atoms with Crippen LogP contribution in [0, 0.1) is 6.92 Å². The third kappa shape index (κ3) is 3.72. The highest BCUT2D eigenvalue weighted by Crippen LogP contribution is 2.26. The molecular formula is C21H23N3O3. The summed E-state index contributed by atoms with van der Waals surface area (Å²) in [5.74, 6) is 0.575. The molecule has 0 radical (unpaired) electrons. The smallest absolute Gasteiger partial charge is 0.233 e. The molecule has 0 spiro atoms. The van der Waals surface area contributed by atoms with Gasteiger partial charge in [-0.3, -0.25) is 9.69 Å². The average molecular weight is 365 g/mol. The first kappa shape index (κ1) is 17.7. The molecule has 0 N–H and O–H groups in total. The largest absolute Gasteiger partial charge is 0.475 e. The highest BCUT2D eigenvalue weighted by atomic mass is 16.5. The molecule has 2 aromatic carbocycles. The molecule has 6 heteroatoms. The predicted octanol–water partition coefficient (Wildman–Crippen LogP) is 2.86. The third-order valence-electron chi connectivity index (χ3n) is 4.92. The van der Waals surface area contributed by atoms with Gasteiger partial charge in [-0.1, -0.05) is 30.3 Å². The van der Waals surface area contributed by atoms with Crippen LogP contribution in [0.3, 0.4) is 0 Å². The van der Waals surface area contributed by atoms with E-state index in [9.17, 15) is 4.79 Å². The number of hydrogen-bond donors (Lipinski definition) is 0. The van der Waals surface area contributed by atoms with E-state index in [1.54, 1.807) is 4.68 Å². The first-order valence-corrected chi connectivity index (χ1v) is 9.23. The zero-order chi connectivity index (χ0) is 18.6. The van der Waals surface area contributed by atoms with E-state index in [1.165, 1.54) is 0 Å². The first-order valence-electron chi connectivity index (χ1n) is 9.23. The van der Waals surface area contributed by atoms with Crippen molar-refractivity contribution < 1.29 is 14.3 Å². The number of aromatic nitrogens is 2. The van der Waals surface area contributed by atoms with E-state index in [1.807, 2.05) is 49.4 Å². The number of fused-ring (bicyclic) bond motifs is 1. The standard InChI is InChI=1S/C21H23N3O3/c1-16-14-21(27-13-10-23-8-11-26-12-9-23)22-24(16)20-7-6-17-4-2-3-5-18(17)19(20)15-25/h2-7,14-15H,8-13H2,1H3. The van der Waals surface area contributed by atoms with Crippen LogP contribution in [0.1, 0.15) is 16.1 Å². The lowest BCUT2D eigenvalue weighted by atomic mass is 10.0. The van der Waals surface area contributed by atoms with Gasteiger partial charge in [0.25, 0.3) is 0 Å². The van der Waals surface area contributed by atoms with Gasteiger partial charge in [0.1, 0.15) is 6.61 Å². The van der Waals surface area contributed by atoms with Crippen LogP contribution in [0.2, 0.25) is 0 Å². The van der Waals surface area contributed by atoms with Crippen molar-refractivity contribution in [1.82, 2.24) is 14.7 Å². The van der Waals surface area contributed by atoms with Gasteiger partial charge in [-0.2, -0.15) is 0 Å². The van der Waals surface area contributed by atoms with Crippen LogP contribution in [-0.4, -0.2) is 60.4 Å². The summed E-state index contributed by atoms with van der Waals surface area (Å²) in [6.45, 7) is 6.84. The number of benzene rings is 2. The normalized spacial score (nSPS) is 15.1. The number of aldehydes is 1. The van der Waals surface area contributed by atoms with E-state index < -0.39 is 0 Å². The molecule has 4 rings (SSSR count). The van der Waals surface area contributed by atoms with E-state index in [2.05, 4.69) is 10.00 Å². The highest BCUT2D eigenvalue weighted by molar-refractivity contribution is 6.01. The molecule has 1 aliphatic heterocycles. The Morgan fingerprint density at radius 3 is 2.81 bits per heavy atom. The average Bonchev–Trinajstić information content (AvgIpc) is 3.08. The molecule has 6 nitrogen and oxygen atoms in total. The number of hydrogen-bond acceptors (Lipinski definition) is 5. The SMILES string of the molecule is Cc1cc(OCCN2CCOCC2)nn1-c1ccc2ccccc2c1C=O. The maximum absolute atomic E-state index is 11.8. The van der Waals surface area contributed by atoms with Crippen molar-refractivity contribution in [3.8, 4) is 11.6 Å². The lowest BCUT2D eigenvalue weighted by Crippen LogP contribution is -2.38. The molecule has 0 unspecified atom stereocenters. The molecule has 140 valence electrons. The maximum atomic E-state index is 11.8. The summed E-state index contributed by atoms with van der Waals surface area (Å²) in [6, 6.07) is 13.7. The fraction of sp³-hybridized carbons (Fsp3) is 0.333. The van der Waals surface area contributed by atoms with E-state index in [0.717, 1.165) is 61.3 Å². The lowest BCUT2D eigenvalue weighted by molar-refractivity contribution is 0.0320. The van der Waals surface area contributed by atoms with Crippen molar-refractivity contribution in [1.29, 1.82) is 0 Å². The maximum Gasteiger partial charge on any atom is 0.233 e. The minimum atomic E-state index is 0.575. The molecule has 2 heterocycles. The number of rotatable bonds is 6. The number of aryl methyl sites for hydroxylation is 1.